The molecular formula is C11H11N7. The highest BCUT2D eigenvalue weighted by Crippen LogP contribution is 2.19. The van der Waals surface area contributed by atoms with E-state index in [1.54, 1.807) is 12.4 Å². The Bertz CT molecular complexity index is 722. The average Bonchev–Trinajstić information content (AvgIpc) is 2.94. The molecule has 90 valence electrons. The smallest absolute Gasteiger partial charge is 0.239 e. The van der Waals surface area contributed by atoms with Crippen molar-refractivity contribution in [1.82, 2.24) is 29.3 Å². The molecule has 0 bridgehead atoms. The fraction of sp³-hybridized carbons (Fsp3) is 0.0909. The molecule has 0 aliphatic carbocycles. The van der Waals surface area contributed by atoms with Crippen LogP contribution in [0.2, 0.25) is 0 Å². The molecule has 7 heteroatoms. The number of hydrogen-bond donors (Lipinski definition) is 1. The number of allylic oxidation sites excluding steroid dienone is 1. The van der Waals surface area contributed by atoms with Crippen molar-refractivity contribution in [3.8, 4) is 5.95 Å². The largest absolute Gasteiger partial charge is 0.368 e. The second-order valence-corrected chi connectivity index (χ2v) is 3.66. The van der Waals surface area contributed by atoms with E-state index in [0.717, 1.165) is 11.0 Å². The summed E-state index contributed by atoms with van der Waals surface area (Å²) in [5.41, 5.74) is 7.47. The number of imidazole rings is 1. The number of nitrogens with zero attached hydrogens (tertiary/aromatic N) is 6. The Kier molecular flexibility index (Phi) is 2.30. The molecule has 0 aliphatic heterocycles. The Labute approximate surface area is 103 Å². The van der Waals surface area contributed by atoms with Crippen LogP contribution in [-0.4, -0.2) is 29.3 Å². The van der Waals surface area contributed by atoms with Crippen molar-refractivity contribution in [3.63, 3.8) is 0 Å². The van der Waals surface area contributed by atoms with Crippen LogP contribution in [0.5, 0.6) is 0 Å². The molecule has 3 aromatic rings. The Hall–Kier alpha value is -2.70. The Morgan fingerprint density at radius 1 is 1.39 bits per heavy atom. The number of nitrogens with two attached hydrogens (primary N) is 1. The van der Waals surface area contributed by atoms with Gasteiger partial charge in [0, 0.05) is 12.4 Å². The van der Waals surface area contributed by atoms with Crippen LogP contribution in [0.3, 0.4) is 0 Å². The van der Waals surface area contributed by atoms with Crippen molar-refractivity contribution in [2.75, 3.05) is 5.73 Å². The zero-order valence-corrected chi connectivity index (χ0v) is 9.72. The second-order valence-electron chi connectivity index (χ2n) is 3.66. The van der Waals surface area contributed by atoms with Gasteiger partial charge in [-0.15, -0.1) is 0 Å². The first-order valence-corrected chi connectivity index (χ1v) is 5.42. The van der Waals surface area contributed by atoms with Crippen LogP contribution < -0.4 is 5.73 Å². The van der Waals surface area contributed by atoms with Crippen molar-refractivity contribution in [3.05, 3.63) is 30.9 Å². The number of pyridine rings is 1. The molecule has 0 unspecified atom stereocenters. The number of rotatable bonds is 2. The molecule has 0 aromatic carbocycles. The Morgan fingerprint density at radius 3 is 3.00 bits per heavy atom. The number of hydrogen-bond acceptors (Lipinski definition) is 5. The Balaban J connectivity index is 2.35. The van der Waals surface area contributed by atoms with Crippen molar-refractivity contribution >= 4 is 23.2 Å². The summed E-state index contributed by atoms with van der Waals surface area (Å²) in [6.07, 6.45) is 8.63. The quantitative estimate of drug-likeness (QED) is 0.725. The van der Waals surface area contributed by atoms with Gasteiger partial charge in [-0.1, -0.05) is 6.08 Å². The monoisotopic (exact) mass is 241 g/mol. The van der Waals surface area contributed by atoms with Gasteiger partial charge in [0.1, 0.15) is 11.8 Å². The van der Waals surface area contributed by atoms with E-state index in [4.69, 9.17) is 5.73 Å². The molecule has 0 spiro atoms. The van der Waals surface area contributed by atoms with Crippen LogP contribution >= 0.6 is 0 Å². The van der Waals surface area contributed by atoms with Crippen molar-refractivity contribution in [2.45, 2.75) is 6.92 Å². The summed E-state index contributed by atoms with van der Waals surface area (Å²) in [6, 6.07) is 1.89. The molecule has 0 amide bonds. The number of anilines is 1. The molecule has 18 heavy (non-hydrogen) atoms. The van der Waals surface area contributed by atoms with Gasteiger partial charge in [0.15, 0.2) is 0 Å². The van der Waals surface area contributed by atoms with Gasteiger partial charge in [0.05, 0.1) is 11.7 Å². The van der Waals surface area contributed by atoms with Gasteiger partial charge in [0.25, 0.3) is 0 Å². The first-order chi connectivity index (χ1) is 8.81. The van der Waals surface area contributed by atoms with Gasteiger partial charge in [0.2, 0.25) is 11.9 Å². The lowest BCUT2D eigenvalue weighted by molar-refractivity contribution is 0.815. The van der Waals surface area contributed by atoms with Crippen molar-refractivity contribution in [2.24, 2.45) is 0 Å². The van der Waals surface area contributed by atoms with Crippen molar-refractivity contribution < 1.29 is 0 Å². The van der Waals surface area contributed by atoms with Gasteiger partial charge < -0.3 is 5.73 Å². The highest BCUT2D eigenvalue weighted by atomic mass is 15.4. The molecule has 3 heterocycles. The van der Waals surface area contributed by atoms with Crippen LogP contribution in [0.25, 0.3) is 23.2 Å². The zero-order chi connectivity index (χ0) is 12.5. The normalized spacial score (nSPS) is 11.6. The fourth-order valence-corrected chi connectivity index (χ4v) is 1.79. The van der Waals surface area contributed by atoms with Crippen LogP contribution in [0.15, 0.2) is 30.9 Å². The van der Waals surface area contributed by atoms with E-state index in [9.17, 15) is 0 Å². The van der Waals surface area contributed by atoms with E-state index in [0.29, 0.717) is 11.9 Å². The van der Waals surface area contributed by atoms with Gasteiger partial charge in [-0.25, -0.2) is 4.98 Å². The maximum Gasteiger partial charge on any atom is 0.239 e. The van der Waals surface area contributed by atoms with Crippen LogP contribution in [0.4, 0.5) is 5.95 Å². The van der Waals surface area contributed by atoms with Crippen LogP contribution in [0.1, 0.15) is 6.92 Å². The molecule has 3 rings (SSSR count). The number of nitrogen functional groups attached to an aromatic ring is 1. The topological polar surface area (TPSA) is 87.4 Å². The van der Waals surface area contributed by atoms with Gasteiger partial charge in [-0.3, -0.25) is 9.55 Å². The number of fused-ring (bicyclic) bond motifs is 1. The molecule has 0 aliphatic rings. The SMILES string of the molecule is C/C=C\n1c(-n2ncnc2N)nc2cnccc21. The van der Waals surface area contributed by atoms with Crippen LogP contribution in [-0.2, 0) is 0 Å². The minimum absolute atomic E-state index is 0.295. The zero-order valence-electron chi connectivity index (χ0n) is 9.72. The molecule has 0 fully saturated rings. The summed E-state index contributed by atoms with van der Waals surface area (Å²) in [5.74, 6) is 0.884. The average molecular weight is 241 g/mol. The third-order valence-electron chi connectivity index (χ3n) is 2.53. The number of aromatic nitrogens is 6. The Morgan fingerprint density at radius 2 is 2.28 bits per heavy atom. The van der Waals surface area contributed by atoms with E-state index >= 15 is 0 Å². The lowest BCUT2D eigenvalue weighted by Gasteiger charge is -2.03. The maximum absolute atomic E-state index is 5.76. The van der Waals surface area contributed by atoms with E-state index < -0.39 is 0 Å². The summed E-state index contributed by atoms with van der Waals surface area (Å²) in [6.45, 7) is 1.93. The van der Waals surface area contributed by atoms with E-state index in [1.807, 2.05) is 29.8 Å². The fourth-order valence-electron chi connectivity index (χ4n) is 1.79. The summed E-state index contributed by atoms with van der Waals surface area (Å²) in [7, 11) is 0. The lowest BCUT2D eigenvalue weighted by Crippen LogP contribution is -2.07. The molecule has 0 saturated carbocycles. The summed E-state index contributed by atoms with van der Waals surface area (Å²) < 4.78 is 3.38. The predicted octanol–water partition coefficient (Wildman–Crippen LogP) is 1.08. The molecule has 3 aromatic heterocycles. The minimum atomic E-state index is 0.295. The first-order valence-electron chi connectivity index (χ1n) is 5.42. The van der Waals surface area contributed by atoms with Gasteiger partial charge >= 0.3 is 0 Å². The van der Waals surface area contributed by atoms with Gasteiger partial charge in [-0.05, 0) is 13.0 Å². The lowest BCUT2D eigenvalue weighted by atomic mass is 10.4. The molecular weight excluding hydrogens is 230 g/mol. The minimum Gasteiger partial charge on any atom is -0.368 e. The summed E-state index contributed by atoms with van der Waals surface area (Å²) in [4.78, 5) is 12.4. The maximum atomic E-state index is 5.76. The molecule has 0 atom stereocenters. The molecule has 0 saturated heterocycles. The van der Waals surface area contributed by atoms with E-state index in [2.05, 4.69) is 20.1 Å². The van der Waals surface area contributed by atoms with Crippen molar-refractivity contribution in [1.29, 1.82) is 0 Å². The van der Waals surface area contributed by atoms with Crippen LogP contribution in [0, 0.1) is 0 Å². The molecule has 7 nitrogen and oxygen atoms in total. The summed E-state index contributed by atoms with van der Waals surface area (Å²) in [5, 5.41) is 4.07. The molecule has 2 N–H and O–H groups in total. The standard InChI is InChI=1S/C11H11N7/c1-2-5-17-9-3-4-13-6-8(9)16-11(17)18-10(12)14-7-15-18/h2-7H,1H3,(H2,12,14,15)/b5-2-. The third kappa shape index (κ3) is 1.45. The van der Waals surface area contributed by atoms with Gasteiger partial charge in [-0.2, -0.15) is 14.8 Å². The predicted molar refractivity (Wildman–Crippen MR) is 67.9 cm³/mol. The first kappa shape index (κ1) is 10.5. The summed E-state index contributed by atoms with van der Waals surface area (Å²) >= 11 is 0. The highest BCUT2D eigenvalue weighted by Gasteiger charge is 2.13. The third-order valence-corrected chi connectivity index (χ3v) is 2.53. The highest BCUT2D eigenvalue weighted by molar-refractivity contribution is 5.78. The van der Waals surface area contributed by atoms with E-state index in [1.165, 1.54) is 11.0 Å². The second kappa shape index (κ2) is 3.95. The molecule has 0 radical (unpaired) electrons. The van der Waals surface area contributed by atoms with E-state index in [-0.39, 0.29) is 0 Å².